The van der Waals surface area contributed by atoms with Crippen molar-refractivity contribution >= 4 is 15.6 Å². The van der Waals surface area contributed by atoms with E-state index in [1.807, 2.05) is 0 Å². The third kappa shape index (κ3) is 22.4. The van der Waals surface area contributed by atoms with Gasteiger partial charge in [-0.25, -0.2) is 9.13 Å². The molecule has 0 saturated carbocycles. The number of aliphatic hydroxyl groups excluding tert-OH is 8. The lowest BCUT2D eigenvalue weighted by Gasteiger charge is -2.23. The van der Waals surface area contributed by atoms with E-state index in [9.17, 15) is 9.13 Å². The molecule has 0 atom stereocenters. The maximum absolute atomic E-state index is 9.63. The van der Waals surface area contributed by atoms with Crippen molar-refractivity contribution in [2.45, 2.75) is 0 Å². The Balaban J connectivity index is -0.0000000686. The largest absolute Gasteiger partial charge is 0.478 e. The minimum absolute atomic E-state index is 0. The van der Waals surface area contributed by atoms with Gasteiger partial charge in [-0.2, -0.15) is 4.31 Å². The second kappa shape index (κ2) is 20.6. The Morgan fingerprint density at radius 3 is 0.600 bits per heavy atom. The molecule has 0 aromatic rings. The smallest absolute Gasteiger partial charge is 0.396 e. The van der Waals surface area contributed by atoms with Gasteiger partial charge in [-0.3, -0.25) is 14.1 Å². The van der Waals surface area contributed by atoms with Gasteiger partial charge in [0.05, 0.1) is 63.7 Å². The first kappa shape index (κ1) is 43.6. The fourth-order valence-electron chi connectivity index (χ4n) is 0.739. The van der Waals surface area contributed by atoms with Crippen molar-refractivity contribution in [1.29, 1.82) is 0 Å². The molecular weight excluding hydrogens is 479 g/mol. The Labute approximate surface area is 168 Å². The Hall–Kier alpha value is -0.270. The van der Waals surface area contributed by atoms with Gasteiger partial charge in [0.25, 0.3) is 0 Å². The van der Waals surface area contributed by atoms with Crippen LogP contribution in [0.4, 0.5) is 14.1 Å². The third-order valence-corrected chi connectivity index (χ3v) is 4.60. The van der Waals surface area contributed by atoms with Gasteiger partial charge >= 0.3 is 15.6 Å². The van der Waals surface area contributed by atoms with E-state index in [1.165, 1.54) is 0 Å². The summed E-state index contributed by atoms with van der Waals surface area (Å²) in [6.07, 6.45) is 0. The van der Waals surface area contributed by atoms with Crippen molar-refractivity contribution < 1.29 is 88.0 Å². The van der Waals surface area contributed by atoms with Crippen LogP contribution in [0.1, 0.15) is 0 Å². The summed E-state index contributed by atoms with van der Waals surface area (Å²) in [6.45, 7) is -3.25. The van der Waals surface area contributed by atoms with Gasteiger partial charge in [-0.15, -0.1) is 0 Å². The van der Waals surface area contributed by atoms with E-state index < -0.39 is 79.3 Å². The van der Waals surface area contributed by atoms with E-state index in [4.69, 9.17) is 60.4 Å². The zero-order valence-corrected chi connectivity index (χ0v) is 17.2. The Bertz CT molecular complexity index is 377. The summed E-state index contributed by atoms with van der Waals surface area (Å²) in [5.74, 6) is 0. The molecule has 0 amide bonds. The van der Waals surface area contributed by atoms with E-state index in [0.717, 1.165) is 0 Å². The first-order valence-electron chi connectivity index (χ1n) is 6.89. The number of phosphoric acid groups is 2. The van der Waals surface area contributed by atoms with Gasteiger partial charge in [-0.1, -0.05) is 0 Å². The van der Waals surface area contributed by atoms with Gasteiger partial charge < -0.3 is 60.4 Å². The van der Waals surface area contributed by atoms with Crippen LogP contribution < -0.4 is 0 Å². The standard InChI is InChI=1S/2C5H12O4.3FH.H4O7P2/c2*6-1-5(2-7,3-8)4-9;;;;1-8(2,3)7-9(4,5)6/h2*6-9H,1-4H2;3*1H;(H2,1,2,3)(H2,4,5,6). The van der Waals surface area contributed by atoms with Crippen LogP contribution in [0.25, 0.3) is 0 Å². The van der Waals surface area contributed by atoms with Gasteiger partial charge in [0, 0.05) is 0 Å². The van der Waals surface area contributed by atoms with E-state index in [0.29, 0.717) is 0 Å². The summed E-state index contributed by atoms with van der Waals surface area (Å²) in [7, 11) is -10.1. The minimum atomic E-state index is -5.05. The topological polar surface area (TPSA) is 286 Å². The molecule has 0 saturated heterocycles. The Kier molecular flexibility index (Phi) is 30.0. The molecule has 0 aromatic heterocycles. The molecule has 30 heavy (non-hydrogen) atoms. The van der Waals surface area contributed by atoms with E-state index >= 15 is 0 Å². The molecule has 0 rings (SSSR count). The molecule has 0 bridgehead atoms. The molecule has 12 N–H and O–H groups in total. The molecule has 20 heteroatoms. The molecule has 15 nitrogen and oxygen atoms in total. The van der Waals surface area contributed by atoms with Crippen molar-refractivity contribution in [1.82, 2.24) is 0 Å². The minimum Gasteiger partial charge on any atom is -0.396 e. The maximum Gasteiger partial charge on any atom is 0.478 e. The molecule has 192 valence electrons. The molecule has 0 unspecified atom stereocenters. The van der Waals surface area contributed by atoms with Crippen molar-refractivity contribution in [3.8, 4) is 0 Å². The molecule has 0 radical (unpaired) electrons. The van der Waals surface area contributed by atoms with Crippen LogP contribution in [0.5, 0.6) is 0 Å². The van der Waals surface area contributed by atoms with Crippen molar-refractivity contribution in [3.05, 3.63) is 0 Å². The molecule has 0 aliphatic rings. The van der Waals surface area contributed by atoms with E-state index in [1.54, 1.807) is 0 Å². The fraction of sp³-hybridized carbons (Fsp3) is 1.00. The molecule has 0 fully saturated rings. The van der Waals surface area contributed by atoms with E-state index in [-0.39, 0.29) is 14.1 Å². The van der Waals surface area contributed by atoms with Crippen molar-refractivity contribution in [3.63, 3.8) is 0 Å². The summed E-state index contributed by atoms with van der Waals surface area (Å²) in [5, 5.41) is 68.0. The van der Waals surface area contributed by atoms with Crippen molar-refractivity contribution in [2.24, 2.45) is 10.8 Å². The summed E-state index contributed by atoms with van der Waals surface area (Å²) in [5.41, 5.74) is -2.22. The second-order valence-corrected chi connectivity index (χ2v) is 7.94. The highest BCUT2D eigenvalue weighted by molar-refractivity contribution is 7.60. The Morgan fingerprint density at radius 1 is 0.467 bits per heavy atom. The fourth-order valence-corrected chi connectivity index (χ4v) is 1.85. The van der Waals surface area contributed by atoms with Crippen LogP contribution in [0, 0.1) is 10.8 Å². The normalized spacial score (nSPS) is 11.3. The number of hydrogen-bond donors (Lipinski definition) is 12. The summed E-state index contributed by atoms with van der Waals surface area (Å²) in [6, 6.07) is 0. The predicted octanol–water partition coefficient (Wildman–Crippen LogP) is -4.47. The van der Waals surface area contributed by atoms with E-state index in [2.05, 4.69) is 4.31 Å². The van der Waals surface area contributed by atoms with Crippen LogP contribution in [-0.2, 0) is 13.4 Å². The maximum atomic E-state index is 9.63. The predicted molar refractivity (Wildman–Crippen MR) is 94.2 cm³/mol. The highest BCUT2D eigenvalue weighted by atomic mass is 31.3. The number of aliphatic hydroxyl groups is 8. The number of halogens is 3. The lowest BCUT2D eigenvalue weighted by molar-refractivity contribution is -0.0332. The zero-order valence-electron chi connectivity index (χ0n) is 15.4. The third-order valence-electron chi connectivity index (χ3n) is 2.90. The quantitative estimate of drug-likeness (QED) is 0.123. The van der Waals surface area contributed by atoms with Gasteiger partial charge in [-0.05, 0) is 0 Å². The highest BCUT2D eigenvalue weighted by Gasteiger charge is 2.28. The van der Waals surface area contributed by atoms with Gasteiger partial charge in [0.2, 0.25) is 0 Å². The first-order valence-corrected chi connectivity index (χ1v) is 9.95. The van der Waals surface area contributed by atoms with Crippen LogP contribution in [0.15, 0.2) is 0 Å². The van der Waals surface area contributed by atoms with Crippen LogP contribution in [0.2, 0.25) is 0 Å². The highest BCUT2D eigenvalue weighted by Crippen LogP contribution is 2.53. The Morgan fingerprint density at radius 2 is 0.600 bits per heavy atom. The molecule has 0 heterocycles. The van der Waals surface area contributed by atoms with Crippen LogP contribution >= 0.6 is 15.6 Å². The summed E-state index contributed by atoms with van der Waals surface area (Å²) >= 11 is 0. The van der Waals surface area contributed by atoms with Crippen molar-refractivity contribution in [2.75, 3.05) is 52.9 Å². The average Bonchev–Trinajstić information content (AvgIpc) is 2.58. The monoisotopic (exact) mass is 510 g/mol. The lowest BCUT2D eigenvalue weighted by atomic mass is 9.93. The summed E-state index contributed by atoms with van der Waals surface area (Å²) in [4.78, 5) is 31.0. The average molecular weight is 510 g/mol. The first-order chi connectivity index (χ1) is 12.2. The van der Waals surface area contributed by atoms with Crippen LogP contribution in [-0.4, -0.2) is 113 Å². The molecule has 0 aliphatic carbocycles. The summed E-state index contributed by atoms with van der Waals surface area (Å²) < 4.78 is 22.2. The number of rotatable bonds is 10. The van der Waals surface area contributed by atoms with Gasteiger partial charge in [0.15, 0.2) is 0 Å². The van der Waals surface area contributed by atoms with Gasteiger partial charge in [0.1, 0.15) is 0 Å². The zero-order chi connectivity index (χ0) is 22.4. The van der Waals surface area contributed by atoms with Crippen LogP contribution in [0.3, 0.4) is 0 Å². The molecule has 0 aromatic carbocycles. The molecule has 0 spiro atoms. The SMILES string of the molecule is F.F.F.O=P(O)(O)OP(=O)(O)O.OCC(CO)(CO)CO.OCC(CO)(CO)CO. The molecule has 0 aliphatic heterocycles. The second-order valence-electron chi connectivity index (χ2n) is 5.33. The molecular formula is C10H31F3O15P2. The lowest BCUT2D eigenvalue weighted by Crippen LogP contribution is -2.37. The number of hydrogen-bond acceptors (Lipinski definition) is 11.